The van der Waals surface area contributed by atoms with Crippen LogP contribution in [0.5, 0.6) is 0 Å². The number of carbonyl (C=O) groups excluding carboxylic acids is 1. The predicted octanol–water partition coefficient (Wildman–Crippen LogP) is 0.741. The Morgan fingerprint density at radius 1 is 1.60 bits per heavy atom. The SMILES string of the molecule is CC(C)(S)C(=O)NCCS. The third kappa shape index (κ3) is 4.06. The summed E-state index contributed by atoms with van der Waals surface area (Å²) in [6, 6.07) is 0. The van der Waals surface area contributed by atoms with Crippen molar-refractivity contribution in [2.75, 3.05) is 12.3 Å². The van der Waals surface area contributed by atoms with Gasteiger partial charge in [-0.3, -0.25) is 4.79 Å². The van der Waals surface area contributed by atoms with E-state index in [9.17, 15) is 4.79 Å². The highest BCUT2D eigenvalue weighted by atomic mass is 32.1. The average molecular weight is 179 g/mol. The van der Waals surface area contributed by atoms with E-state index in [0.29, 0.717) is 12.3 Å². The topological polar surface area (TPSA) is 29.1 Å². The molecule has 0 rings (SSSR count). The van der Waals surface area contributed by atoms with Crippen LogP contribution in [0, 0.1) is 0 Å². The standard InChI is InChI=1S/C6H13NOS2/c1-6(2,10)5(8)7-3-4-9/h9-10H,3-4H2,1-2H3,(H,7,8). The van der Waals surface area contributed by atoms with Crippen LogP contribution in [0.4, 0.5) is 0 Å². The summed E-state index contributed by atoms with van der Waals surface area (Å²) in [5, 5.41) is 2.68. The van der Waals surface area contributed by atoms with Gasteiger partial charge in [0.15, 0.2) is 0 Å². The van der Waals surface area contributed by atoms with Gasteiger partial charge in [0.2, 0.25) is 5.91 Å². The van der Waals surface area contributed by atoms with Crippen LogP contribution in [0.3, 0.4) is 0 Å². The molecule has 0 saturated carbocycles. The molecule has 10 heavy (non-hydrogen) atoms. The lowest BCUT2D eigenvalue weighted by molar-refractivity contribution is -0.122. The molecule has 0 aromatic carbocycles. The Kier molecular flexibility index (Phi) is 4.20. The van der Waals surface area contributed by atoms with Crippen LogP contribution in [0.1, 0.15) is 13.8 Å². The normalized spacial score (nSPS) is 11.2. The number of hydrogen-bond acceptors (Lipinski definition) is 3. The smallest absolute Gasteiger partial charge is 0.235 e. The first kappa shape index (κ1) is 10.2. The van der Waals surface area contributed by atoms with Gasteiger partial charge in [-0.15, -0.1) is 0 Å². The van der Waals surface area contributed by atoms with E-state index in [0.717, 1.165) is 0 Å². The molecule has 4 heteroatoms. The second-order valence-corrected chi connectivity index (χ2v) is 4.10. The lowest BCUT2D eigenvalue weighted by Gasteiger charge is -2.15. The minimum Gasteiger partial charge on any atom is -0.354 e. The zero-order valence-electron chi connectivity index (χ0n) is 6.22. The van der Waals surface area contributed by atoms with Crippen LogP contribution in [-0.2, 0) is 4.79 Å². The summed E-state index contributed by atoms with van der Waals surface area (Å²) < 4.78 is -0.580. The van der Waals surface area contributed by atoms with Gasteiger partial charge in [-0.2, -0.15) is 25.3 Å². The molecule has 0 aliphatic rings. The first-order valence-corrected chi connectivity index (χ1v) is 4.18. The number of hydrogen-bond donors (Lipinski definition) is 3. The van der Waals surface area contributed by atoms with Gasteiger partial charge in [-0.1, -0.05) is 0 Å². The van der Waals surface area contributed by atoms with E-state index in [-0.39, 0.29) is 5.91 Å². The minimum atomic E-state index is -0.580. The summed E-state index contributed by atoms with van der Waals surface area (Å²) >= 11 is 8.04. The maximum atomic E-state index is 11.0. The van der Waals surface area contributed by atoms with Crippen molar-refractivity contribution >= 4 is 31.2 Å². The van der Waals surface area contributed by atoms with Crippen molar-refractivity contribution < 1.29 is 4.79 Å². The Hall–Kier alpha value is 0.170. The lowest BCUT2D eigenvalue weighted by atomic mass is 10.2. The molecule has 0 fully saturated rings. The highest BCUT2D eigenvalue weighted by molar-refractivity contribution is 7.82. The van der Waals surface area contributed by atoms with Crippen molar-refractivity contribution in [3.8, 4) is 0 Å². The molecule has 0 unspecified atom stereocenters. The number of carbonyl (C=O) groups is 1. The van der Waals surface area contributed by atoms with Gasteiger partial charge in [0, 0.05) is 12.3 Å². The molecule has 0 heterocycles. The quantitative estimate of drug-likeness (QED) is 0.548. The van der Waals surface area contributed by atoms with Crippen molar-refractivity contribution in [2.24, 2.45) is 0 Å². The van der Waals surface area contributed by atoms with Crippen LogP contribution in [-0.4, -0.2) is 23.0 Å². The van der Waals surface area contributed by atoms with Crippen LogP contribution < -0.4 is 5.32 Å². The second-order valence-electron chi connectivity index (χ2n) is 2.54. The zero-order valence-corrected chi connectivity index (χ0v) is 8.01. The molecular formula is C6H13NOS2. The van der Waals surface area contributed by atoms with E-state index in [2.05, 4.69) is 30.6 Å². The number of amides is 1. The highest BCUT2D eigenvalue weighted by Crippen LogP contribution is 2.10. The number of nitrogens with one attached hydrogen (secondary N) is 1. The molecule has 0 bridgehead atoms. The molecule has 0 saturated heterocycles. The fraction of sp³-hybridized carbons (Fsp3) is 0.833. The molecular weight excluding hydrogens is 166 g/mol. The summed E-state index contributed by atoms with van der Waals surface area (Å²) in [6.07, 6.45) is 0. The maximum Gasteiger partial charge on any atom is 0.235 e. The lowest BCUT2D eigenvalue weighted by Crippen LogP contribution is -2.38. The molecule has 0 radical (unpaired) electrons. The summed E-state index contributed by atoms with van der Waals surface area (Å²) in [5.74, 6) is 0.611. The number of thiol groups is 2. The molecule has 0 spiro atoms. The first-order valence-electron chi connectivity index (χ1n) is 3.10. The van der Waals surface area contributed by atoms with Crippen LogP contribution >= 0.6 is 25.3 Å². The second kappa shape index (κ2) is 4.13. The molecule has 1 amide bonds. The van der Waals surface area contributed by atoms with Crippen molar-refractivity contribution in [3.63, 3.8) is 0 Å². The fourth-order valence-corrected chi connectivity index (χ4v) is 0.577. The predicted molar refractivity (Wildman–Crippen MR) is 49.9 cm³/mol. The Morgan fingerprint density at radius 3 is 2.40 bits per heavy atom. The van der Waals surface area contributed by atoms with E-state index < -0.39 is 4.75 Å². The molecule has 60 valence electrons. The largest absolute Gasteiger partial charge is 0.354 e. The third-order valence-electron chi connectivity index (χ3n) is 0.953. The van der Waals surface area contributed by atoms with E-state index >= 15 is 0 Å². The first-order chi connectivity index (χ1) is 4.48. The Labute approximate surface area is 72.6 Å². The summed E-state index contributed by atoms with van der Waals surface area (Å²) in [5.41, 5.74) is 0. The van der Waals surface area contributed by atoms with E-state index in [1.807, 2.05) is 0 Å². The van der Waals surface area contributed by atoms with Gasteiger partial charge >= 0.3 is 0 Å². The van der Waals surface area contributed by atoms with Gasteiger partial charge in [-0.05, 0) is 13.8 Å². The third-order valence-corrected chi connectivity index (χ3v) is 1.38. The molecule has 1 N–H and O–H groups in total. The summed E-state index contributed by atoms with van der Waals surface area (Å²) in [7, 11) is 0. The van der Waals surface area contributed by atoms with Crippen molar-refractivity contribution in [3.05, 3.63) is 0 Å². The molecule has 2 nitrogen and oxygen atoms in total. The van der Waals surface area contributed by atoms with Gasteiger partial charge < -0.3 is 5.32 Å². The van der Waals surface area contributed by atoms with Crippen LogP contribution in [0.2, 0.25) is 0 Å². The van der Waals surface area contributed by atoms with Crippen molar-refractivity contribution in [1.82, 2.24) is 5.32 Å². The van der Waals surface area contributed by atoms with Gasteiger partial charge in [0.1, 0.15) is 0 Å². The average Bonchev–Trinajstić information content (AvgIpc) is 1.80. The zero-order chi connectivity index (χ0) is 8.20. The summed E-state index contributed by atoms with van der Waals surface area (Å²) in [4.78, 5) is 11.0. The Bertz CT molecular complexity index is 119. The monoisotopic (exact) mass is 179 g/mol. The number of rotatable bonds is 3. The molecule has 0 aromatic rings. The minimum absolute atomic E-state index is 0.0510. The maximum absolute atomic E-state index is 11.0. The van der Waals surface area contributed by atoms with Gasteiger partial charge in [-0.25, -0.2) is 0 Å². The van der Waals surface area contributed by atoms with Gasteiger partial charge in [0.25, 0.3) is 0 Å². The molecule has 0 aromatic heterocycles. The molecule has 0 aliphatic carbocycles. The van der Waals surface area contributed by atoms with E-state index in [1.165, 1.54) is 0 Å². The van der Waals surface area contributed by atoms with E-state index in [1.54, 1.807) is 13.8 Å². The molecule has 0 aliphatic heterocycles. The van der Waals surface area contributed by atoms with Crippen LogP contribution in [0.15, 0.2) is 0 Å². The Balaban J connectivity index is 3.64. The Morgan fingerprint density at radius 2 is 2.10 bits per heavy atom. The summed E-state index contributed by atoms with van der Waals surface area (Å²) in [6.45, 7) is 4.11. The van der Waals surface area contributed by atoms with Crippen molar-refractivity contribution in [2.45, 2.75) is 18.6 Å². The molecule has 0 atom stereocenters. The van der Waals surface area contributed by atoms with Crippen molar-refractivity contribution in [1.29, 1.82) is 0 Å². The van der Waals surface area contributed by atoms with E-state index in [4.69, 9.17) is 0 Å². The van der Waals surface area contributed by atoms with Gasteiger partial charge in [0.05, 0.1) is 4.75 Å². The highest BCUT2D eigenvalue weighted by Gasteiger charge is 2.21. The van der Waals surface area contributed by atoms with Crippen LogP contribution in [0.25, 0.3) is 0 Å². The fourth-order valence-electron chi connectivity index (χ4n) is 0.386.